The van der Waals surface area contributed by atoms with E-state index in [1.165, 1.54) is 16.7 Å². The van der Waals surface area contributed by atoms with Gasteiger partial charge in [0, 0.05) is 5.02 Å². The maximum Gasteiger partial charge on any atom is 0.0813 e. The van der Waals surface area contributed by atoms with E-state index < -0.39 is 0 Å². The number of hydrogen-bond donors (Lipinski definition) is 0. The van der Waals surface area contributed by atoms with E-state index in [1.54, 1.807) is 0 Å². The van der Waals surface area contributed by atoms with Crippen molar-refractivity contribution in [2.75, 3.05) is 6.61 Å². The zero-order chi connectivity index (χ0) is 10.1. The molecule has 2 rings (SSSR count). The molecule has 0 N–H and O–H groups in total. The SMILES string of the molecule is Cc1cc(Cl)c(CCC2CO2)cc1C. The Hall–Kier alpha value is -0.530. The van der Waals surface area contributed by atoms with Gasteiger partial charge in [0.25, 0.3) is 0 Å². The van der Waals surface area contributed by atoms with Crippen LogP contribution in [0.25, 0.3) is 0 Å². The zero-order valence-electron chi connectivity index (χ0n) is 8.64. The molecule has 0 amide bonds. The van der Waals surface area contributed by atoms with Gasteiger partial charge in [-0.25, -0.2) is 0 Å². The molecule has 1 unspecified atom stereocenters. The second-order valence-electron chi connectivity index (χ2n) is 4.02. The molecular formula is C12H15ClO. The van der Waals surface area contributed by atoms with Crippen molar-refractivity contribution in [2.24, 2.45) is 0 Å². The van der Waals surface area contributed by atoms with Crippen LogP contribution in [0.3, 0.4) is 0 Å². The van der Waals surface area contributed by atoms with Gasteiger partial charge in [-0.1, -0.05) is 17.7 Å². The number of hydrogen-bond acceptors (Lipinski definition) is 1. The number of halogens is 1. The average molecular weight is 211 g/mol. The normalized spacial score (nSPS) is 19.8. The molecule has 0 bridgehead atoms. The second kappa shape index (κ2) is 3.92. The molecule has 1 heterocycles. The van der Waals surface area contributed by atoms with Crippen LogP contribution in [-0.4, -0.2) is 12.7 Å². The summed E-state index contributed by atoms with van der Waals surface area (Å²) in [6.45, 7) is 5.15. The quantitative estimate of drug-likeness (QED) is 0.698. The second-order valence-corrected chi connectivity index (χ2v) is 4.43. The highest BCUT2D eigenvalue weighted by Crippen LogP contribution is 2.24. The Labute approximate surface area is 90.0 Å². The van der Waals surface area contributed by atoms with Crippen molar-refractivity contribution in [3.05, 3.63) is 33.8 Å². The van der Waals surface area contributed by atoms with Crippen LogP contribution in [0.4, 0.5) is 0 Å². The molecule has 1 aromatic carbocycles. The van der Waals surface area contributed by atoms with Crippen molar-refractivity contribution >= 4 is 11.6 Å². The van der Waals surface area contributed by atoms with Gasteiger partial charge >= 0.3 is 0 Å². The molecule has 0 aromatic heterocycles. The summed E-state index contributed by atoms with van der Waals surface area (Å²) in [7, 11) is 0. The standard InChI is InChI=1S/C12H15ClO/c1-8-5-10(3-4-11-7-14-11)12(13)6-9(8)2/h5-6,11H,3-4,7H2,1-2H3. The Morgan fingerprint density at radius 1 is 1.36 bits per heavy atom. The Kier molecular flexibility index (Phi) is 2.80. The lowest BCUT2D eigenvalue weighted by Crippen LogP contribution is -1.94. The molecule has 1 nitrogen and oxygen atoms in total. The molecule has 1 saturated heterocycles. The maximum atomic E-state index is 6.16. The predicted octanol–water partition coefficient (Wildman–Crippen LogP) is 3.29. The molecule has 0 spiro atoms. The molecule has 1 aliphatic heterocycles. The first kappa shape index (κ1) is 10.0. The lowest BCUT2D eigenvalue weighted by molar-refractivity contribution is 0.397. The summed E-state index contributed by atoms with van der Waals surface area (Å²) < 4.78 is 5.18. The van der Waals surface area contributed by atoms with E-state index in [-0.39, 0.29) is 0 Å². The van der Waals surface area contributed by atoms with Crippen molar-refractivity contribution in [3.63, 3.8) is 0 Å². The average Bonchev–Trinajstić information content (AvgIpc) is 2.92. The van der Waals surface area contributed by atoms with Crippen molar-refractivity contribution in [3.8, 4) is 0 Å². The number of rotatable bonds is 3. The van der Waals surface area contributed by atoms with Crippen LogP contribution in [0.1, 0.15) is 23.1 Å². The van der Waals surface area contributed by atoms with Crippen LogP contribution in [-0.2, 0) is 11.2 Å². The smallest absolute Gasteiger partial charge is 0.0813 e. The van der Waals surface area contributed by atoms with Gasteiger partial charge in [-0.3, -0.25) is 0 Å². The van der Waals surface area contributed by atoms with Gasteiger partial charge < -0.3 is 4.74 Å². The molecule has 1 atom stereocenters. The zero-order valence-corrected chi connectivity index (χ0v) is 9.40. The fourth-order valence-corrected chi connectivity index (χ4v) is 1.90. The third kappa shape index (κ3) is 2.28. The maximum absolute atomic E-state index is 6.16. The summed E-state index contributed by atoms with van der Waals surface area (Å²) >= 11 is 6.16. The fraction of sp³-hybridized carbons (Fsp3) is 0.500. The molecule has 2 heteroatoms. The van der Waals surface area contributed by atoms with Crippen LogP contribution >= 0.6 is 11.6 Å². The molecule has 0 radical (unpaired) electrons. The van der Waals surface area contributed by atoms with Crippen LogP contribution in [0, 0.1) is 13.8 Å². The van der Waals surface area contributed by atoms with Crippen molar-refractivity contribution in [1.82, 2.24) is 0 Å². The number of aryl methyl sites for hydroxylation is 3. The Morgan fingerprint density at radius 3 is 2.64 bits per heavy atom. The lowest BCUT2D eigenvalue weighted by atomic mass is 10.0. The summed E-state index contributed by atoms with van der Waals surface area (Å²) in [5, 5.41) is 0.897. The van der Waals surface area contributed by atoms with E-state index in [1.807, 2.05) is 0 Å². The minimum Gasteiger partial charge on any atom is -0.373 e. The van der Waals surface area contributed by atoms with Gasteiger partial charge in [0.2, 0.25) is 0 Å². The topological polar surface area (TPSA) is 12.5 Å². The van der Waals surface area contributed by atoms with Crippen LogP contribution in [0.5, 0.6) is 0 Å². The van der Waals surface area contributed by atoms with Gasteiger partial charge in [0.15, 0.2) is 0 Å². The molecule has 76 valence electrons. The van der Waals surface area contributed by atoms with Gasteiger partial charge in [-0.15, -0.1) is 0 Å². The number of ether oxygens (including phenoxy) is 1. The third-order valence-electron chi connectivity index (χ3n) is 2.80. The molecule has 1 aliphatic rings. The number of benzene rings is 1. The third-order valence-corrected chi connectivity index (χ3v) is 3.15. The molecule has 0 saturated carbocycles. The van der Waals surface area contributed by atoms with E-state index in [0.717, 1.165) is 24.5 Å². The fourth-order valence-electron chi connectivity index (χ4n) is 1.58. The van der Waals surface area contributed by atoms with E-state index in [4.69, 9.17) is 16.3 Å². The van der Waals surface area contributed by atoms with E-state index >= 15 is 0 Å². The van der Waals surface area contributed by atoms with E-state index in [0.29, 0.717) is 6.10 Å². The van der Waals surface area contributed by atoms with E-state index in [9.17, 15) is 0 Å². The first-order chi connectivity index (χ1) is 6.66. The molecule has 0 aliphatic carbocycles. The largest absolute Gasteiger partial charge is 0.373 e. The molecule has 1 fully saturated rings. The summed E-state index contributed by atoms with van der Waals surface area (Å²) in [5.41, 5.74) is 3.84. The summed E-state index contributed by atoms with van der Waals surface area (Å²) in [6.07, 6.45) is 2.63. The predicted molar refractivity (Wildman–Crippen MR) is 59.0 cm³/mol. The number of epoxide rings is 1. The first-order valence-electron chi connectivity index (χ1n) is 5.04. The van der Waals surface area contributed by atoms with Gasteiger partial charge in [0.1, 0.15) is 0 Å². The van der Waals surface area contributed by atoms with Crippen molar-refractivity contribution < 1.29 is 4.74 Å². The van der Waals surface area contributed by atoms with Crippen LogP contribution < -0.4 is 0 Å². The summed E-state index contributed by atoms with van der Waals surface area (Å²) in [6, 6.07) is 4.25. The Morgan fingerprint density at radius 2 is 2.00 bits per heavy atom. The molecule has 1 aromatic rings. The van der Waals surface area contributed by atoms with E-state index in [2.05, 4.69) is 26.0 Å². The molecular weight excluding hydrogens is 196 g/mol. The van der Waals surface area contributed by atoms with Gasteiger partial charge in [0.05, 0.1) is 12.7 Å². The minimum absolute atomic E-state index is 0.493. The summed E-state index contributed by atoms with van der Waals surface area (Å²) in [4.78, 5) is 0. The first-order valence-corrected chi connectivity index (χ1v) is 5.42. The van der Waals surface area contributed by atoms with Crippen LogP contribution in [0.15, 0.2) is 12.1 Å². The van der Waals surface area contributed by atoms with Gasteiger partial charge in [-0.05, 0) is 49.4 Å². The Bertz CT molecular complexity index is 342. The van der Waals surface area contributed by atoms with Crippen molar-refractivity contribution in [2.45, 2.75) is 32.8 Å². The van der Waals surface area contributed by atoms with Crippen LogP contribution in [0.2, 0.25) is 5.02 Å². The minimum atomic E-state index is 0.493. The highest BCUT2D eigenvalue weighted by atomic mass is 35.5. The summed E-state index contributed by atoms with van der Waals surface area (Å²) in [5.74, 6) is 0. The highest BCUT2D eigenvalue weighted by Gasteiger charge is 2.22. The molecule has 14 heavy (non-hydrogen) atoms. The lowest BCUT2D eigenvalue weighted by Gasteiger charge is -2.07. The monoisotopic (exact) mass is 210 g/mol. The Balaban J connectivity index is 2.10. The van der Waals surface area contributed by atoms with Gasteiger partial charge in [-0.2, -0.15) is 0 Å². The van der Waals surface area contributed by atoms with Crippen molar-refractivity contribution in [1.29, 1.82) is 0 Å². The highest BCUT2D eigenvalue weighted by molar-refractivity contribution is 6.31.